The first-order valence-electron chi connectivity index (χ1n) is 3.75. The van der Waals surface area contributed by atoms with Crippen molar-refractivity contribution in [2.75, 3.05) is 0 Å². The lowest BCUT2D eigenvalue weighted by atomic mass is 10.2. The third kappa shape index (κ3) is 1.50. The number of hydrogen-bond donors (Lipinski definition) is 0. The number of aromatic nitrogens is 2. The van der Waals surface area contributed by atoms with Gasteiger partial charge in [-0.05, 0) is 35.6 Å². The van der Waals surface area contributed by atoms with Crippen molar-refractivity contribution in [3.05, 3.63) is 32.7 Å². The molecule has 0 N–H and O–H groups in total. The molecule has 4 heteroatoms. The van der Waals surface area contributed by atoms with Crippen molar-refractivity contribution in [3.8, 4) is 0 Å². The molecule has 2 nitrogen and oxygen atoms in total. The van der Waals surface area contributed by atoms with Crippen molar-refractivity contribution in [3.63, 3.8) is 0 Å². The van der Waals surface area contributed by atoms with Crippen LogP contribution in [0, 0.1) is 10.5 Å². The molecule has 66 valence electrons. The van der Waals surface area contributed by atoms with Crippen molar-refractivity contribution in [1.29, 1.82) is 0 Å². The van der Waals surface area contributed by atoms with Gasteiger partial charge in [-0.2, -0.15) is 0 Å². The Kier molecular flexibility index (Phi) is 2.38. The smallest absolute Gasteiger partial charge is 0.0930 e. The molecule has 2 rings (SSSR count). The van der Waals surface area contributed by atoms with Crippen LogP contribution in [0.4, 0.5) is 0 Å². The summed E-state index contributed by atoms with van der Waals surface area (Å²) in [7, 11) is 0. The summed E-state index contributed by atoms with van der Waals surface area (Å²) in [5.74, 6) is 0. The fourth-order valence-corrected chi connectivity index (χ4v) is 1.84. The van der Waals surface area contributed by atoms with E-state index >= 15 is 0 Å². The molecule has 0 amide bonds. The average Bonchev–Trinajstić information content (AvgIpc) is 2.12. The monoisotopic (exact) mass is 304 g/mol. The van der Waals surface area contributed by atoms with E-state index in [0.717, 1.165) is 25.2 Å². The van der Waals surface area contributed by atoms with Gasteiger partial charge in [-0.1, -0.05) is 11.6 Å². The van der Waals surface area contributed by atoms with Crippen LogP contribution in [0.1, 0.15) is 5.69 Å². The summed E-state index contributed by atoms with van der Waals surface area (Å²) in [4.78, 5) is 8.44. The summed E-state index contributed by atoms with van der Waals surface area (Å²) in [5, 5.41) is 1.73. The number of halogens is 2. The van der Waals surface area contributed by atoms with Crippen molar-refractivity contribution in [2.45, 2.75) is 6.92 Å². The minimum atomic E-state index is 0.760. The van der Waals surface area contributed by atoms with Crippen LogP contribution < -0.4 is 0 Å². The average molecular weight is 305 g/mol. The molecule has 0 aliphatic carbocycles. The molecule has 2 aromatic heterocycles. The van der Waals surface area contributed by atoms with Gasteiger partial charge in [0.2, 0.25) is 0 Å². The van der Waals surface area contributed by atoms with E-state index in [2.05, 4.69) is 32.6 Å². The normalized spacial score (nSPS) is 10.7. The molecule has 0 aromatic carbocycles. The molecule has 0 aliphatic heterocycles. The molecule has 0 radical (unpaired) electrons. The molecule has 0 saturated heterocycles. The first kappa shape index (κ1) is 9.15. The highest BCUT2D eigenvalue weighted by Gasteiger charge is 2.05. The van der Waals surface area contributed by atoms with Crippen LogP contribution in [0.3, 0.4) is 0 Å². The Balaban J connectivity index is 2.94. The Morgan fingerprint density at radius 2 is 2.15 bits per heavy atom. The molecule has 13 heavy (non-hydrogen) atoms. The van der Waals surface area contributed by atoms with Gasteiger partial charge in [0.15, 0.2) is 0 Å². The lowest BCUT2D eigenvalue weighted by Gasteiger charge is -2.02. The lowest BCUT2D eigenvalue weighted by Crippen LogP contribution is -1.89. The van der Waals surface area contributed by atoms with Gasteiger partial charge in [0, 0.05) is 17.8 Å². The fraction of sp³-hybridized carbons (Fsp3) is 0.111. The van der Waals surface area contributed by atoms with Gasteiger partial charge in [0.05, 0.1) is 19.8 Å². The SMILES string of the molecule is Cc1nccc2c(Cl)c(I)cnc12. The van der Waals surface area contributed by atoms with Crippen LogP contribution in [-0.2, 0) is 0 Å². The molecule has 0 unspecified atom stereocenters. The third-order valence-electron chi connectivity index (χ3n) is 1.86. The van der Waals surface area contributed by atoms with E-state index in [1.165, 1.54) is 0 Å². The van der Waals surface area contributed by atoms with E-state index in [-0.39, 0.29) is 0 Å². The number of aryl methyl sites for hydroxylation is 1. The predicted molar refractivity (Wildman–Crippen MR) is 62.0 cm³/mol. The van der Waals surface area contributed by atoms with Crippen molar-refractivity contribution < 1.29 is 0 Å². The number of rotatable bonds is 0. The Morgan fingerprint density at radius 3 is 2.92 bits per heavy atom. The Bertz CT molecular complexity index is 470. The van der Waals surface area contributed by atoms with Gasteiger partial charge >= 0.3 is 0 Å². The van der Waals surface area contributed by atoms with Gasteiger partial charge < -0.3 is 0 Å². The second-order valence-electron chi connectivity index (χ2n) is 2.71. The van der Waals surface area contributed by atoms with E-state index in [9.17, 15) is 0 Å². The maximum absolute atomic E-state index is 6.12. The van der Waals surface area contributed by atoms with Gasteiger partial charge in [0.25, 0.3) is 0 Å². The lowest BCUT2D eigenvalue weighted by molar-refractivity contribution is 1.20. The zero-order chi connectivity index (χ0) is 9.42. The molecule has 0 atom stereocenters. The second kappa shape index (κ2) is 3.38. The first-order valence-corrected chi connectivity index (χ1v) is 5.21. The van der Waals surface area contributed by atoms with Crippen LogP contribution in [0.25, 0.3) is 10.9 Å². The van der Waals surface area contributed by atoms with Gasteiger partial charge in [-0.25, -0.2) is 0 Å². The maximum Gasteiger partial charge on any atom is 0.0930 e. The minimum Gasteiger partial charge on any atom is -0.259 e. The van der Waals surface area contributed by atoms with Gasteiger partial charge in [0.1, 0.15) is 0 Å². The summed E-state index contributed by atoms with van der Waals surface area (Å²) in [6, 6.07) is 1.89. The van der Waals surface area contributed by atoms with Gasteiger partial charge in [-0.3, -0.25) is 9.97 Å². The molecular weight excluding hydrogens is 298 g/mol. The van der Waals surface area contributed by atoms with E-state index in [1.54, 1.807) is 12.4 Å². The van der Waals surface area contributed by atoms with E-state index in [0.29, 0.717) is 0 Å². The molecule has 0 spiro atoms. The fourth-order valence-electron chi connectivity index (χ4n) is 1.21. The molecular formula is C9H6ClIN2. The summed E-state index contributed by atoms with van der Waals surface area (Å²) in [6.45, 7) is 1.93. The number of nitrogens with zero attached hydrogens (tertiary/aromatic N) is 2. The maximum atomic E-state index is 6.12. The Morgan fingerprint density at radius 1 is 1.38 bits per heavy atom. The van der Waals surface area contributed by atoms with Gasteiger partial charge in [-0.15, -0.1) is 0 Å². The topological polar surface area (TPSA) is 25.8 Å². The molecule has 0 saturated carbocycles. The number of fused-ring (bicyclic) bond motifs is 1. The van der Waals surface area contributed by atoms with E-state index < -0.39 is 0 Å². The highest BCUT2D eigenvalue weighted by atomic mass is 127. The molecule has 2 heterocycles. The largest absolute Gasteiger partial charge is 0.259 e. The van der Waals surface area contributed by atoms with E-state index in [1.807, 2.05) is 13.0 Å². The Hall–Kier alpha value is -0.420. The first-order chi connectivity index (χ1) is 6.20. The Labute approximate surface area is 94.5 Å². The molecule has 0 fully saturated rings. The van der Waals surface area contributed by atoms with Crippen molar-refractivity contribution >= 4 is 45.1 Å². The van der Waals surface area contributed by atoms with Crippen LogP contribution in [0.5, 0.6) is 0 Å². The van der Waals surface area contributed by atoms with Crippen LogP contribution in [0.15, 0.2) is 18.5 Å². The third-order valence-corrected chi connectivity index (χ3v) is 3.40. The standard InChI is InChI=1S/C9H6ClIN2/c1-5-9-6(2-3-12-5)8(10)7(11)4-13-9/h2-4H,1H3. The van der Waals surface area contributed by atoms with Crippen molar-refractivity contribution in [1.82, 2.24) is 9.97 Å². The summed E-state index contributed by atoms with van der Waals surface area (Å²) in [6.07, 6.45) is 3.52. The van der Waals surface area contributed by atoms with Crippen LogP contribution >= 0.6 is 34.2 Å². The van der Waals surface area contributed by atoms with Crippen molar-refractivity contribution in [2.24, 2.45) is 0 Å². The highest BCUT2D eigenvalue weighted by molar-refractivity contribution is 14.1. The molecule has 0 bridgehead atoms. The highest BCUT2D eigenvalue weighted by Crippen LogP contribution is 2.27. The summed E-state index contributed by atoms with van der Waals surface area (Å²) < 4.78 is 0.970. The molecule has 2 aromatic rings. The second-order valence-corrected chi connectivity index (χ2v) is 4.25. The van der Waals surface area contributed by atoms with E-state index in [4.69, 9.17) is 11.6 Å². The number of hydrogen-bond acceptors (Lipinski definition) is 2. The molecule has 0 aliphatic rings. The number of pyridine rings is 2. The summed E-state index contributed by atoms with van der Waals surface area (Å²) >= 11 is 8.29. The zero-order valence-electron chi connectivity index (χ0n) is 6.88. The zero-order valence-corrected chi connectivity index (χ0v) is 9.80. The van der Waals surface area contributed by atoms with Crippen LogP contribution in [-0.4, -0.2) is 9.97 Å². The minimum absolute atomic E-state index is 0.760. The summed E-state index contributed by atoms with van der Waals surface area (Å²) in [5.41, 5.74) is 1.80. The van der Waals surface area contributed by atoms with Crippen LogP contribution in [0.2, 0.25) is 5.02 Å². The predicted octanol–water partition coefficient (Wildman–Crippen LogP) is 3.20. The quantitative estimate of drug-likeness (QED) is 0.699.